The summed E-state index contributed by atoms with van der Waals surface area (Å²) >= 11 is 0. The number of carbonyl (C=O) groups is 5. The van der Waals surface area contributed by atoms with E-state index in [0.717, 1.165) is 0 Å². The topological polar surface area (TPSA) is 195 Å². The summed E-state index contributed by atoms with van der Waals surface area (Å²) in [4.78, 5) is 56.2. The van der Waals surface area contributed by atoms with E-state index in [2.05, 4.69) is 10.1 Å². The van der Waals surface area contributed by atoms with Gasteiger partial charge in [0.05, 0.1) is 51.8 Å². The van der Waals surface area contributed by atoms with Gasteiger partial charge in [-0.2, -0.15) is 13.2 Å². The average molecular weight is 586 g/mol. The van der Waals surface area contributed by atoms with E-state index in [-0.39, 0.29) is 70.6 Å². The summed E-state index contributed by atoms with van der Waals surface area (Å²) in [6, 6.07) is 0. The number of alkyl halides is 3. The maximum absolute atomic E-state index is 12.8. The van der Waals surface area contributed by atoms with Gasteiger partial charge in [0.1, 0.15) is 12.2 Å². The number of hydrogen-bond donors (Lipinski definition) is 4. The predicted octanol–water partition coefficient (Wildman–Crippen LogP) is 1.68. The van der Waals surface area contributed by atoms with Gasteiger partial charge >= 0.3 is 30.1 Å². The number of amides is 1. The molecule has 0 heterocycles. The second kappa shape index (κ2) is 18.2. The van der Waals surface area contributed by atoms with Crippen LogP contribution in [0.3, 0.4) is 0 Å². The smallest absolute Gasteiger partial charge is 0.481 e. The lowest BCUT2D eigenvalue weighted by Crippen LogP contribution is -2.47. The molecule has 0 fully saturated rings. The van der Waals surface area contributed by atoms with E-state index in [1.165, 1.54) is 6.08 Å². The number of ether oxygens (including phenoxy) is 4. The van der Waals surface area contributed by atoms with Crippen LogP contribution in [-0.2, 0) is 42.9 Å². The molecule has 40 heavy (non-hydrogen) atoms. The van der Waals surface area contributed by atoms with Gasteiger partial charge in [-0.15, -0.1) is 0 Å². The molecule has 0 unspecified atom stereocenters. The summed E-state index contributed by atoms with van der Waals surface area (Å²) in [6.45, 7) is -0.869. The Hall–Kier alpha value is -3.24. The molecule has 0 spiro atoms. The van der Waals surface area contributed by atoms with E-state index in [1.54, 1.807) is 0 Å². The van der Waals surface area contributed by atoms with Gasteiger partial charge in [-0.25, -0.2) is 4.79 Å². The summed E-state index contributed by atoms with van der Waals surface area (Å²) in [6.07, 6.45) is -5.82. The van der Waals surface area contributed by atoms with E-state index in [0.29, 0.717) is 19.3 Å². The minimum atomic E-state index is -5.04. The molecule has 1 rings (SSSR count). The van der Waals surface area contributed by atoms with Crippen LogP contribution in [0.15, 0.2) is 11.6 Å². The number of nitrogens with one attached hydrogen (secondary N) is 1. The molecule has 0 radical (unpaired) electrons. The van der Waals surface area contributed by atoms with Gasteiger partial charge in [-0.1, -0.05) is 6.42 Å². The number of unbranched alkanes of at least 4 members (excludes halogenated alkanes) is 3. The fraction of sp³-hybridized carbons (Fsp3) is 0.708. The molecule has 1 aliphatic rings. The first-order valence-corrected chi connectivity index (χ1v) is 12.5. The molecule has 1 amide bonds. The van der Waals surface area contributed by atoms with Crippen LogP contribution in [0.25, 0.3) is 0 Å². The highest BCUT2D eigenvalue weighted by atomic mass is 19.4. The van der Waals surface area contributed by atoms with Crippen LogP contribution in [-0.4, -0.2) is 103 Å². The number of hydrogen-bond acceptors (Lipinski definition) is 9. The molecule has 0 bridgehead atoms. The normalized spacial score (nSPS) is 19.0. The van der Waals surface area contributed by atoms with Crippen LogP contribution in [0.1, 0.15) is 51.4 Å². The lowest BCUT2D eigenvalue weighted by atomic mass is 9.91. The SMILES string of the molecule is O=C(O)CCO[C@@H]1[C@H](OCCC(=O)O)C=C(C(=O)NCCCCCCOC(=O)C(F)(F)F)C[C@H]1OCCC(=O)O. The maximum atomic E-state index is 12.8. The number of esters is 1. The van der Waals surface area contributed by atoms with Crippen molar-refractivity contribution in [2.75, 3.05) is 33.0 Å². The van der Waals surface area contributed by atoms with Crippen LogP contribution in [0.5, 0.6) is 0 Å². The Morgan fingerprint density at radius 2 is 1.35 bits per heavy atom. The highest BCUT2D eigenvalue weighted by Crippen LogP contribution is 2.27. The maximum Gasteiger partial charge on any atom is 0.490 e. The second-order valence-electron chi connectivity index (χ2n) is 8.71. The van der Waals surface area contributed by atoms with Gasteiger partial charge in [-0.05, 0) is 25.3 Å². The highest BCUT2D eigenvalue weighted by molar-refractivity contribution is 5.93. The van der Waals surface area contributed by atoms with Crippen LogP contribution in [0.4, 0.5) is 13.2 Å². The molecule has 3 atom stereocenters. The number of aliphatic carboxylic acids is 3. The van der Waals surface area contributed by atoms with Crippen molar-refractivity contribution in [3.8, 4) is 0 Å². The summed E-state index contributed by atoms with van der Waals surface area (Å²) in [5.74, 6) is -6.12. The Balaban J connectivity index is 2.73. The summed E-state index contributed by atoms with van der Waals surface area (Å²) in [5.41, 5.74) is 0.206. The zero-order valence-electron chi connectivity index (χ0n) is 21.7. The lowest BCUT2D eigenvalue weighted by molar-refractivity contribution is -0.199. The van der Waals surface area contributed by atoms with Crippen LogP contribution in [0.2, 0.25) is 0 Å². The zero-order valence-corrected chi connectivity index (χ0v) is 21.7. The molecule has 1 aliphatic carbocycles. The van der Waals surface area contributed by atoms with E-state index < -0.39 is 54.3 Å². The monoisotopic (exact) mass is 585 g/mol. The lowest BCUT2D eigenvalue weighted by Gasteiger charge is -2.36. The van der Waals surface area contributed by atoms with Gasteiger partial charge < -0.3 is 39.6 Å². The molecule has 228 valence electrons. The third-order valence-electron chi connectivity index (χ3n) is 5.49. The molecular weight excluding hydrogens is 551 g/mol. The Morgan fingerprint density at radius 1 is 0.800 bits per heavy atom. The first-order valence-electron chi connectivity index (χ1n) is 12.5. The first-order chi connectivity index (χ1) is 18.8. The van der Waals surface area contributed by atoms with Gasteiger partial charge in [0.2, 0.25) is 5.91 Å². The molecule has 0 aliphatic heterocycles. The molecule has 0 aromatic rings. The summed E-state index contributed by atoms with van der Waals surface area (Å²) in [5, 5.41) is 29.4. The minimum absolute atomic E-state index is 0.0213. The van der Waals surface area contributed by atoms with E-state index >= 15 is 0 Å². The Bertz CT molecular complexity index is 893. The molecular formula is C24H34F3NO12. The molecule has 0 aromatic heterocycles. The van der Waals surface area contributed by atoms with Crippen molar-refractivity contribution in [3.05, 3.63) is 11.6 Å². The number of carboxylic acids is 3. The van der Waals surface area contributed by atoms with Gasteiger partial charge in [0.25, 0.3) is 0 Å². The number of rotatable bonds is 20. The van der Waals surface area contributed by atoms with Crippen molar-refractivity contribution < 1.29 is 71.4 Å². The van der Waals surface area contributed by atoms with Crippen molar-refractivity contribution in [3.63, 3.8) is 0 Å². The van der Waals surface area contributed by atoms with E-state index in [1.807, 2.05) is 0 Å². The standard InChI is InChI=1S/C24H34F3NO12/c25-24(26,27)23(36)40-9-4-2-1-3-8-28-22(35)15-13-16(37-10-5-18(29)30)21(39-12-7-20(33)34)17(14-15)38-11-6-19(31)32/h13,16-17,21H,1-12,14H2,(H,28,35)(H,29,30)(H,31,32)(H,33,34)/t16-,17-,21-/m1/s1. The predicted molar refractivity (Wildman–Crippen MR) is 127 cm³/mol. The quantitative estimate of drug-likeness (QED) is 0.119. The fourth-order valence-electron chi connectivity index (χ4n) is 3.58. The molecule has 0 saturated heterocycles. The third-order valence-corrected chi connectivity index (χ3v) is 5.49. The largest absolute Gasteiger partial charge is 0.490 e. The molecule has 4 N–H and O–H groups in total. The first kappa shape index (κ1) is 34.8. The fourth-order valence-corrected chi connectivity index (χ4v) is 3.58. The highest BCUT2D eigenvalue weighted by Gasteiger charge is 2.41. The Morgan fingerprint density at radius 3 is 1.93 bits per heavy atom. The van der Waals surface area contributed by atoms with Gasteiger partial charge in [-0.3, -0.25) is 19.2 Å². The molecule has 0 saturated carbocycles. The van der Waals surface area contributed by atoms with Crippen LogP contribution < -0.4 is 5.32 Å². The van der Waals surface area contributed by atoms with E-state index in [4.69, 9.17) is 29.5 Å². The minimum Gasteiger partial charge on any atom is -0.481 e. The number of halogens is 3. The van der Waals surface area contributed by atoms with Crippen LogP contribution in [0, 0.1) is 0 Å². The molecule has 0 aromatic carbocycles. The number of carboxylic acid groups (broad SMARTS) is 3. The summed E-state index contributed by atoms with van der Waals surface area (Å²) < 4.78 is 57.3. The molecule has 16 heteroatoms. The van der Waals surface area contributed by atoms with Crippen molar-refractivity contribution in [2.24, 2.45) is 0 Å². The third kappa shape index (κ3) is 14.8. The van der Waals surface area contributed by atoms with Crippen LogP contribution >= 0.6 is 0 Å². The van der Waals surface area contributed by atoms with Gasteiger partial charge in [0, 0.05) is 18.5 Å². The zero-order chi connectivity index (χ0) is 30.1. The van der Waals surface area contributed by atoms with Crippen molar-refractivity contribution >= 4 is 29.8 Å². The van der Waals surface area contributed by atoms with Crippen molar-refractivity contribution in [1.82, 2.24) is 5.32 Å². The number of carbonyl (C=O) groups excluding carboxylic acids is 2. The second-order valence-corrected chi connectivity index (χ2v) is 8.71. The Kier molecular flexibility index (Phi) is 15.8. The average Bonchev–Trinajstić information content (AvgIpc) is 2.85. The van der Waals surface area contributed by atoms with Gasteiger partial charge in [0.15, 0.2) is 0 Å². The summed E-state index contributed by atoms with van der Waals surface area (Å²) in [7, 11) is 0. The van der Waals surface area contributed by atoms with Crippen molar-refractivity contribution in [1.29, 1.82) is 0 Å². The molecule has 13 nitrogen and oxygen atoms in total. The Labute approximate surface area is 227 Å². The van der Waals surface area contributed by atoms with E-state index in [9.17, 15) is 37.1 Å². The van der Waals surface area contributed by atoms with Crippen molar-refractivity contribution in [2.45, 2.75) is 75.9 Å².